The molecule has 2 fully saturated rings. The maximum atomic E-state index is 12.8. The quantitative estimate of drug-likeness (QED) is 0.858. The van der Waals surface area contributed by atoms with Crippen LogP contribution in [0.3, 0.4) is 0 Å². The van der Waals surface area contributed by atoms with Crippen LogP contribution in [0.4, 0.5) is 0 Å². The summed E-state index contributed by atoms with van der Waals surface area (Å²) in [6.45, 7) is 5.65. The lowest BCUT2D eigenvalue weighted by molar-refractivity contribution is -0.143. The van der Waals surface area contributed by atoms with Crippen LogP contribution in [-0.2, 0) is 16.6 Å². The molecule has 0 aromatic carbocycles. The zero-order valence-corrected chi connectivity index (χ0v) is 13.3. The molecule has 0 aliphatic carbocycles. The van der Waals surface area contributed by atoms with Gasteiger partial charge in [0.05, 0.1) is 31.4 Å². The first-order chi connectivity index (χ1) is 9.66. The van der Waals surface area contributed by atoms with E-state index in [1.165, 1.54) is 0 Å². The van der Waals surface area contributed by atoms with E-state index in [-0.39, 0.29) is 36.2 Å². The fraction of sp³-hybridized carbons (Fsp3) is 0.714. The van der Waals surface area contributed by atoms with E-state index in [4.69, 9.17) is 4.74 Å². The van der Waals surface area contributed by atoms with E-state index in [2.05, 4.69) is 17.3 Å². The molecular weight excluding hydrogens is 292 g/mol. The Kier molecular flexibility index (Phi) is 5.24. The van der Waals surface area contributed by atoms with Gasteiger partial charge in [0.25, 0.3) is 0 Å². The number of hydrogen-bond donors (Lipinski definition) is 1. The van der Waals surface area contributed by atoms with Gasteiger partial charge in [0.1, 0.15) is 0 Å². The van der Waals surface area contributed by atoms with Crippen molar-refractivity contribution in [1.29, 1.82) is 0 Å². The molecule has 7 heteroatoms. The predicted octanol–water partition coefficient (Wildman–Crippen LogP) is 0.392. The Morgan fingerprint density at radius 1 is 1.48 bits per heavy atom. The molecule has 1 unspecified atom stereocenters. The number of hydrogen-bond acceptors (Lipinski definition) is 4. The monoisotopic (exact) mass is 314 g/mol. The van der Waals surface area contributed by atoms with Gasteiger partial charge >= 0.3 is 0 Å². The van der Waals surface area contributed by atoms with Crippen molar-refractivity contribution in [3.05, 3.63) is 18.0 Å². The third kappa shape index (κ3) is 3.22. The fourth-order valence-electron chi connectivity index (χ4n) is 3.19. The summed E-state index contributed by atoms with van der Waals surface area (Å²) in [4.78, 5) is 14.8. The van der Waals surface area contributed by atoms with Crippen LogP contribution in [0.5, 0.6) is 0 Å². The van der Waals surface area contributed by atoms with Crippen molar-refractivity contribution in [2.75, 3.05) is 32.8 Å². The molecule has 3 atom stereocenters. The molecule has 0 bridgehead atoms. The molecule has 0 saturated carbocycles. The van der Waals surface area contributed by atoms with Crippen LogP contribution in [0.2, 0.25) is 0 Å². The normalized spacial score (nSPS) is 29.2. The van der Waals surface area contributed by atoms with Gasteiger partial charge in [-0.05, 0) is 12.5 Å². The van der Waals surface area contributed by atoms with Crippen LogP contribution in [0.1, 0.15) is 18.4 Å². The minimum atomic E-state index is 0. The second-order valence-electron chi connectivity index (χ2n) is 5.77. The SMILES string of the molecule is CC1COCCN1C(=O)[C@H]1CNC[C@@H]1c1cnn(C)c1.Cl. The molecule has 1 amide bonds. The largest absolute Gasteiger partial charge is 0.377 e. The molecular formula is C14H23ClN4O2. The van der Waals surface area contributed by atoms with E-state index in [9.17, 15) is 4.79 Å². The van der Waals surface area contributed by atoms with Crippen molar-refractivity contribution in [2.24, 2.45) is 13.0 Å². The first-order valence-corrected chi connectivity index (χ1v) is 7.24. The van der Waals surface area contributed by atoms with Crippen molar-refractivity contribution in [1.82, 2.24) is 20.0 Å². The van der Waals surface area contributed by atoms with Gasteiger partial charge in [0.2, 0.25) is 5.91 Å². The summed E-state index contributed by atoms with van der Waals surface area (Å²) in [5, 5.41) is 7.58. The fourth-order valence-corrected chi connectivity index (χ4v) is 3.19. The lowest BCUT2D eigenvalue weighted by Crippen LogP contribution is -2.50. The average molecular weight is 315 g/mol. The molecule has 2 aliphatic heterocycles. The first-order valence-electron chi connectivity index (χ1n) is 7.24. The van der Waals surface area contributed by atoms with Gasteiger partial charge in [0, 0.05) is 38.8 Å². The molecule has 0 radical (unpaired) electrons. The maximum Gasteiger partial charge on any atom is 0.228 e. The van der Waals surface area contributed by atoms with Gasteiger partial charge in [-0.2, -0.15) is 5.10 Å². The van der Waals surface area contributed by atoms with Crippen LogP contribution in [0.15, 0.2) is 12.4 Å². The van der Waals surface area contributed by atoms with Gasteiger partial charge in [0.15, 0.2) is 0 Å². The van der Waals surface area contributed by atoms with Crippen LogP contribution >= 0.6 is 12.4 Å². The second kappa shape index (κ2) is 6.77. The van der Waals surface area contributed by atoms with Crippen LogP contribution in [0.25, 0.3) is 0 Å². The summed E-state index contributed by atoms with van der Waals surface area (Å²) >= 11 is 0. The zero-order chi connectivity index (χ0) is 14.1. The van der Waals surface area contributed by atoms with E-state index in [0.29, 0.717) is 19.8 Å². The lowest BCUT2D eigenvalue weighted by atomic mass is 9.89. The van der Waals surface area contributed by atoms with Crippen molar-refractivity contribution in [2.45, 2.75) is 18.9 Å². The van der Waals surface area contributed by atoms with Gasteiger partial charge in [-0.25, -0.2) is 0 Å². The Bertz CT molecular complexity index is 493. The molecule has 0 spiro atoms. The van der Waals surface area contributed by atoms with Crippen LogP contribution < -0.4 is 5.32 Å². The topological polar surface area (TPSA) is 59.4 Å². The minimum Gasteiger partial charge on any atom is -0.377 e. The number of ether oxygens (including phenoxy) is 1. The Morgan fingerprint density at radius 2 is 2.29 bits per heavy atom. The summed E-state index contributed by atoms with van der Waals surface area (Å²) in [7, 11) is 1.91. The van der Waals surface area contributed by atoms with E-state index in [1.54, 1.807) is 4.68 Å². The summed E-state index contributed by atoms with van der Waals surface area (Å²) in [5.74, 6) is 0.491. The molecule has 1 N–H and O–H groups in total. The molecule has 118 valence electrons. The number of amides is 1. The van der Waals surface area contributed by atoms with Gasteiger partial charge in [-0.3, -0.25) is 9.48 Å². The first kappa shape index (κ1) is 16.3. The van der Waals surface area contributed by atoms with Gasteiger partial charge in [-0.1, -0.05) is 0 Å². The summed E-state index contributed by atoms with van der Waals surface area (Å²) < 4.78 is 7.21. The van der Waals surface area contributed by atoms with Gasteiger partial charge in [-0.15, -0.1) is 12.4 Å². The van der Waals surface area contributed by atoms with Crippen molar-refractivity contribution in [3.63, 3.8) is 0 Å². The Balaban J connectivity index is 0.00000161. The molecule has 2 aliphatic rings. The number of carbonyl (C=O) groups excluding carboxylic acids is 1. The molecule has 6 nitrogen and oxygen atoms in total. The van der Waals surface area contributed by atoms with Crippen LogP contribution in [-0.4, -0.2) is 59.5 Å². The minimum absolute atomic E-state index is 0. The highest BCUT2D eigenvalue weighted by Crippen LogP contribution is 2.30. The third-order valence-corrected chi connectivity index (χ3v) is 4.34. The summed E-state index contributed by atoms with van der Waals surface area (Å²) in [6, 6.07) is 0.173. The van der Waals surface area contributed by atoms with E-state index in [1.807, 2.05) is 24.3 Å². The highest BCUT2D eigenvalue weighted by atomic mass is 35.5. The van der Waals surface area contributed by atoms with E-state index < -0.39 is 0 Å². The van der Waals surface area contributed by atoms with Crippen LogP contribution in [0, 0.1) is 5.92 Å². The Hall–Kier alpha value is -1.11. The van der Waals surface area contributed by atoms with Gasteiger partial charge < -0.3 is 15.0 Å². The Labute approximate surface area is 131 Å². The average Bonchev–Trinajstić information content (AvgIpc) is 3.06. The molecule has 1 aromatic heterocycles. The van der Waals surface area contributed by atoms with Crippen molar-refractivity contribution in [3.8, 4) is 0 Å². The molecule has 21 heavy (non-hydrogen) atoms. The summed E-state index contributed by atoms with van der Waals surface area (Å²) in [5.41, 5.74) is 1.15. The summed E-state index contributed by atoms with van der Waals surface area (Å²) in [6.07, 6.45) is 3.89. The number of aromatic nitrogens is 2. The smallest absolute Gasteiger partial charge is 0.228 e. The Morgan fingerprint density at radius 3 is 2.95 bits per heavy atom. The second-order valence-corrected chi connectivity index (χ2v) is 5.77. The number of carbonyl (C=O) groups is 1. The number of halogens is 1. The van der Waals surface area contributed by atoms with E-state index >= 15 is 0 Å². The number of nitrogens with one attached hydrogen (secondary N) is 1. The number of morpholine rings is 1. The lowest BCUT2D eigenvalue weighted by Gasteiger charge is -2.36. The molecule has 3 heterocycles. The molecule has 1 aromatic rings. The number of aryl methyl sites for hydroxylation is 1. The number of nitrogens with zero attached hydrogens (tertiary/aromatic N) is 3. The van der Waals surface area contributed by atoms with Crippen molar-refractivity contribution < 1.29 is 9.53 Å². The van der Waals surface area contributed by atoms with E-state index in [0.717, 1.165) is 18.7 Å². The predicted molar refractivity (Wildman–Crippen MR) is 81.6 cm³/mol. The highest BCUT2D eigenvalue weighted by Gasteiger charge is 2.38. The third-order valence-electron chi connectivity index (χ3n) is 4.34. The number of rotatable bonds is 2. The standard InChI is InChI=1S/C14H22N4O2.ClH/c1-10-9-20-4-3-18(10)14(19)13-7-15-6-12(13)11-5-16-17(2)8-11;/h5,8,10,12-13,15H,3-4,6-7,9H2,1-2H3;1H/t10?,12-,13+;/m1./s1. The molecule has 2 saturated heterocycles. The zero-order valence-electron chi connectivity index (χ0n) is 12.5. The maximum absolute atomic E-state index is 12.8. The van der Waals surface area contributed by atoms with Crippen molar-refractivity contribution >= 4 is 18.3 Å². The highest BCUT2D eigenvalue weighted by molar-refractivity contribution is 5.85. The molecule has 3 rings (SSSR count).